The van der Waals surface area contributed by atoms with Crippen molar-refractivity contribution in [2.45, 2.75) is 19.1 Å². The number of carboxylic acid groups (broad SMARTS) is 1. The van der Waals surface area contributed by atoms with Crippen LogP contribution in [0.1, 0.15) is 18.5 Å². The summed E-state index contributed by atoms with van der Waals surface area (Å²) in [5, 5.41) is 11.3. The van der Waals surface area contributed by atoms with E-state index in [-0.39, 0.29) is 18.8 Å². The van der Waals surface area contributed by atoms with E-state index in [2.05, 4.69) is 42.2 Å². The van der Waals surface area contributed by atoms with Crippen LogP contribution >= 0.6 is 11.8 Å². The zero-order valence-corrected chi connectivity index (χ0v) is 20.6. The number of ether oxygens (including phenoxy) is 2. The van der Waals surface area contributed by atoms with Crippen molar-refractivity contribution in [3.05, 3.63) is 96.6 Å². The molecule has 0 saturated carbocycles. The van der Waals surface area contributed by atoms with Crippen molar-refractivity contribution < 1.29 is 19.4 Å². The van der Waals surface area contributed by atoms with Crippen molar-refractivity contribution in [2.75, 3.05) is 24.6 Å². The van der Waals surface area contributed by atoms with E-state index >= 15 is 0 Å². The highest BCUT2D eigenvalue weighted by Gasteiger charge is 2.29. The summed E-state index contributed by atoms with van der Waals surface area (Å²) >= 11 is 6.88. The van der Waals surface area contributed by atoms with Crippen LogP contribution in [0.4, 0.5) is 11.4 Å². The quantitative estimate of drug-likeness (QED) is 0.280. The normalized spacial score (nSPS) is 15.9. The van der Waals surface area contributed by atoms with Gasteiger partial charge in [0.15, 0.2) is 6.61 Å². The Morgan fingerprint density at radius 3 is 2.69 bits per heavy atom. The first-order valence-corrected chi connectivity index (χ1v) is 12.2. The first kappa shape index (κ1) is 24.0. The van der Waals surface area contributed by atoms with Gasteiger partial charge in [-0.05, 0) is 59.3 Å². The minimum atomic E-state index is -1.01. The van der Waals surface area contributed by atoms with E-state index in [0.29, 0.717) is 18.8 Å². The van der Waals surface area contributed by atoms with Gasteiger partial charge in [-0.15, -0.1) is 0 Å². The van der Waals surface area contributed by atoms with Gasteiger partial charge in [0.05, 0.1) is 18.8 Å². The van der Waals surface area contributed by atoms with Crippen LogP contribution in [0.2, 0.25) is 0 Å². The summed E-state index contributed by atoms with van der Waals surface area (Å²) in [4.78, 5) is 13.1. The minimum Gasteiger partial charge on any atom is -0.485 e. The Kier molecular flexibility index (Phi) is 6.98. The van der Waals surface area contributed by atoms with E-state index in [0.717, 1.165) is 17.1 Å². The summed E-state index contributed by atoms with van der Waals surface area (Å²) in [6, 6.07) is 29.9. The number of para-hydroxylation sites is 2. The van der Waals surface area contributed by atoms with Crippen LogP contribution < -0.4 is 14.4 Å². The van der Waals surface area contributed by atoms with E-state index in [1.807, 2.05) is 59.0 Å². The Labute approximate surface area is 215 Å². The summed E-state index contributed by atoms with van der Waals surface area (Å²) in [6.07, 6.45) is -0.196. The molecule has 0 bridgehead atoms. The predicted molar refractivity (Wildman–Crippen MR) is 142 cm³/mol. The van der Waals surface area contributed by atoms with E-state index in [1.54, 1.807) is 6.07 Å². The van der Waals surface area contributed by atoms with Crippen LogP contribution in [-0.4, -0.2) is 41.3 Å². The number of fused-ring (bicyclic) bond motifs is 2. The molecular weight excluding hydrogens is 476 g/mol. The van der Waals surface area contributed by atoms with Crippen LogP contribution in [-0.2, 0) is 4.79 Å². The summed E-state index contributed by atoms with van der Waals surface area (Å²) in [7, 11) is 0. The summed E-state index contributed by atoms with van der Waals surface area (Å²) in [5.41, 5.74) is 2.99. The third-order valence-electron chi connectivity index (χ3n) is 6.40. The Morgan fingerprint density at radius 2 is 1.83 bits per heavy atom. The first-order valence-electron chi connectivity index (χ1n) is 11.9. The fourth-order valence-electron chi connectivity index (χ4n) is 4.64. The van der Waals surface area contributed by atoms with E-state index in [4.69, 9.17) is 26.4 Å². The molecule has 0 saturated heterocycles. The molecule has 184 valence electrons. The first-order chi connectivity index (χ1) is 17.5. The van der Waals surface area contributed by atoms with E-state index in [1.165, 1.54) is 16.3 Å². The van der Waals surface area contributed by atoms with Crippen molar-refractivity contribution in [1.82, 2.24) is 4.42 Å². The molecule has 1 heterocycles. The van der Waals surface area contributed by atoms with Crippen molar-refractivity contribution in [1.29, 1.82) is 0 Å². The lowest BCUT2D eigenvalue weighted by Crippen LogP contribution is -2.43. The molecule has 2 atom stereocenters. The molecule has 0 fully saturated rings. The highest BCUT2D eigenvalue weighted by molar-refractivity contribution is 6.13. The van der Waals surface area contributed by atoms with Gasteiger partial charge in [0.25, 0.3) is 0 Å². The van der Waals surface area contributed by atoms with E-state index in [9.17, 15) is 4.79 Å². The SMILES string of the molecule is C[C@H](c1cccc2ccccc12)N(Cl)CC1CN(c2cccc(OCC(=O)O)c2)c2ccccc2O1. The number of nitrogens with zero attached hydrogens (tertiary/aromatic N) is 2. The standard InChI is InChI=1S/C29H27ClN2O4/c1-20(25-13-6-9-21-8-2-3-12-26(21)25)32(30)18-24-17-31(27-14-4-5-15-28(27)36-24)22-10-7-11-23(16-22)35-19-29(33)34/h2-16,20,24H,17-19H2,1H3,(H,33,34)/t20-,24?/m1/s1. The second-order valence-electron chi connectivity index (χ2n) is 8.82. The maximum Gasteiger partial charge on any atom is 0.341 e. The maximum absolute atomic E-state index is 10.9. The molecule has 4 aromatic carbocycles. The second kappa shape index (κ2) is 10.5. The number of hydrogen-bond donors (Lipinski definition) is 1. The van der Waals surface area contributed by atoms with Gasteiger partial charge in [-0.1, -0.05) is 60.7 Å². The highest BCUT2D eigenvalue weighted by atomic mass is 35.5. The molecule has 0 aromatic heterocycles. The Bertz CT molecular complexity index is 1370. The summed E-state index contributed by atoms with van der Waals surface area (Å²) < 4.78 is 13.6. The van der Waals surface area contributed by atoms with Gasteiger partial charge in [0.1, 0.15) is 17.6 Å². The third kappa shape index (κ3) is 5.10. The number of benzene rings is 4. The molecule has 1 aliphatic rings. The fraction of sp³-hybridized carbons (Fsp3) is 0.207. The molecule has 1 unspecified atom stereocenters. The lowest BCUT2D eigenvalue weighted by atomic mass is 9.99. The van der Waals surface area contributed by atoms with Gasteiger partial charge in [-0.25, -0.2) is 9.21 Å². The molecule has 0 amide bonds. The predicted octanol–water partition coefficient (Wildman–Crippen LogP) is 6.42. The molecule has 1 N–H and O–H groups in total. The lowest BCUT2D eigenvalue weighted by Gasteiger charge is -2.38. The molecular formula is C29H27ClN2O4. The van der Waals surface area contributed by atoms with Crippen LogP contribution in [0.15, 0.2) is 91.0 Å². The van der Waals surface area contributed by atoms with Gasteiger partial charge in [-0.2, -0.15) is 0 Å². The van der Waals surface area contributed by atoms with Gasteiger partial charge in [-0.3, -0.25) is 0 Å². The Hall–Kier alpha value is -3.74. The zero-order chi connectivity index (χ0) is 25.1. The second-order valence-corrected chi connectivity index (χ2v) is 9.26. The monoisotopic (exact) mass is 502 g/mol. The summed E-state index contributed by atoms with van der Waals surface area (Å²) in [5.74, 6) is 0.257. The smallest absolute Gasteiger partial charge is 0.341 e. The Morgan fingerprint density at radius 1 is 1.08 bits per heavy atom. The average molecular weight is 503 g/mol. The average Bonchev–Trinajstić information content (AvgIpc) is 2.91. The van der Waals surface area contributed by atoms with Crippen molar-refractivity contribution in [3.8, 4) is 11.5 Å². The number of anilines is 2. The van der Waals surface area contributed by atoms with Crippen molar-refractivity contribution >= 4 is 39.9 Å². The number of carboxylic acids is 1. The molecule has 7 heteroatoms. The number of aliphatic carboxylic acids is 1. The third-order valence-corrected chi connectivity index (χ3v) is 6.83. The fourth-order valence-corrected chi connectivity index (χ4v) is 4.90. The molecule has 1 aliphatic heterocycles. The molecule has 0 radical (unpaired) electrons. The van der Waals surface area contributed by atoms with Crippen LogP contribution in [0.5, 0.6) is 11.5 Å². The van der Waals surface area contributed by atoms with Crippen molar-refractivity contribution in [3.63, 3.8) is 0 Å². The van der Waals surface area contributed by atoms with Gasteiger partial charge >= 0.3 is 5.97 Å². The molecule has 0 spiro atoms. The molecule has 0 aliphatic carbocycles. The molecule has 4 aromatic rings. The van der Waals surface area contributed by atoms with Crippen LogP contribution in [0, 0.1) is 0 Å². The van der Waals surface area contributed by atoms with E-state index < -0.39 is 5.97 Å². The number of carbonyl (C=O) groups is 1. The van der Waals surface area contributed by atoms with Crippen LogP contribution in [0.25, 0.3) is 10.8 Å². The number of rotatable bonds is 8. The molecule has 36 heavy (non-hydrogen) atoms. The van der Waals surface area contributed by atoms with Crippen molar-refractivity contribution in [2.24, 2.45) is 0 Å². The molecule has 6 nitrogen and oxygen atoms in total. The molecule has 5 rings (SSSR count). The summed E-state index contributed by atoms with van der Waals surface area (Å²) in [6.45, 7) is 2.79. The maximum atomic E-state index is 10.9. The lowest BCUT2D eigenvalue weighted by molar-refractivity contribution is -0.139. The van der Waals surface area contributed by atoms with Gasteiger partial charge in [0, 0.05) is 17.8 Å². The number of halogens is 1. The topological polar surface area (TPSA) is 62.2 Å². The number of hydrogen-bond acceptors (Lipinski definition) is 5. The highest BCUT2D eigenvalue weighted by Crippen LogP contribution is 2.39. The Balaban J connectivity index is 1.38. The van der Waals surface area contributed by atoms with Crippen LogP contribution in [0.3, 0.4) is 0 Å². The van der Waals surface area contributed by atoms with Gasteiger partial charge in [0.2, 0.25) is 0 Å². The zero-order valence-electron chi connectivity index (χ0n) is 19.9. The van der Waals surface area contributed by atoms with Gasteiger partial charge < -0.3 is 19.5 Å². The largest absolute Gasteiger partial charge is 0.485 e. The minimum absolute atomic E-state index is 0.0280.